The van der Waals surface area contributed by atoms with Crippen LogP contribution < -0.4 is 0 Å². The minimum Gasteiger partial charge on any atom is -0.388 e. The Morgan fingerprint density at radius 3 is 2.33 bits per heavy atom. The van der Waals surface area contributed by atoms with Crippen LogP contribution >= 0.6 is 0 Å². The van der Waals surface area contributed by atoms with E-state index in [9.17, 15) is 5.11 Å². The van der Waals surface area contributed by atoms with Gasteiger partial charge in [0, 0.05) is 0 Å². The Morgan fingerprint density at radius 2 is 1.72 bits per heavy atom. The maximum Gasteiger partial charge on any atom is 0.0792 e. The van der Waals surface area contributed by atoms with E-state index in [1.807, 2.05) is 0 Å². The summed E-state index contributed by atoms with van der Waals surface area (Å²) in [6, 6.07) is 6.36. The quantitative estimate of drug-likeness (QED) is 0.767. The second-order valence-corrected chi connectivity index (χ2v) is 5.95. The number of aryl methyl sites for hydroxylation is 2. The lowest BCUT2D eigenvalue weighted by molar-refractivity contribution is 0.139. The Kier molecular flexibility index (Phi) is 4.82. The summed E-state index contributed by atoms with van der Waals surface area (Å²) in [4.78, 5) is 0. The number of aliphatic hydroxyl groups excluding tert-OH is 1. The first-order chi connectivity index (χ1) is 8.66. The maximum absolute atomic E-state index is 10.4. The molecular formula is C17H26O. The van der Waals surface area contributed by atoms with Crippen molar-refractivity contribution in [3.05, 3.63) is 34.9 Å². The van der Waals surface area contributed by atoms with Crippen LogP contribution in [0.5, 0.6) is 0 Å². The van der Waals surface area contributed by atoms with E-state index in [0.29, 0.717) is 0 Å². The monoisotopic (exact) mass is 246 g/mol. The van der Waals surface area contributed by atoms with Crippen LogP contribution in [0.25, 0.3) is 0 Å². The zero-order valence-electron chi connectivity index (χ0n) is 11.8. The van der Waals surface area contributed by atoms with Gasteiger partial charge in [-0.05, 0) is 42.9 Å². The lowest BCUT2D eigenvalue weighted by Gasteiger charge is -2.19. The Balaban J connectivity index is 1.97. The van der Waals surface area contributed by atoms with Crippen molar-refractivity contribution in [3.63, 3.8) is 0 Å². The van der Waals surface area contributed by atoms with Crippen LogP contribution in [0.15, 0.2) is 18.2 Å². The largest absolute Gasteiger partial charge is 0.388 e. The van der Waals surface area contributed by atoms with Crippen molar-refractivity contribution >= 4 is 0 Å². The highest BCUT2D eigenvalue weighted by Crippen LogP contribution is 2.31. The zero-order chi connectivity index (χ0) is 13.0. The average Bonchev–Trinajstić information content (AvgIpc) is 2.61. The number of rotatable bonds is 3. The van der Waals surface area contributed by atoms with Gasteiger partial charge in [0.2, 0.25) is 0 Å². The van der Waals surface area contributed by atoms with Gasteiger partial charge in [0.25, 0.3) is 0 Å². The van der Waals surface area contributed by atoms with Crippen LogP contribution in [0.1, 0.15) is 67.7 Å². The third-order valence-corrected chi connectivity index (χ3v) is 4.45. The first kappa shape index (κ1) is 13.6. The molecule has 0 saturated heterocycles. The fourth-order valence-corrected chi connectivity index (χ4v) is 3.02. The minimum absolute atomic E-state index is 0.271. The van der Waals surface area contributed by atoms with Crippen molar-refractivity contribution in [2.24, 2.45) is 5.92 Å². The van der Waals surface area contributed by atoms with Gasteiger partial charge in [-0.1, -0.05) is 56.7 Å². The van der Waals surface area contributed by atoms with Crippen LogP contribution in [0.4, 0.5) is 0 Å². The zero-order valence-corrected chi connectivity index (χ0v) is 11.8. The molecule has 1 fully saturated rings. The van der Waals surface area contributed by atoms with Crippen molar-refractivity contribution in [2.45, 2.75) is 64.9 Å². The van der Waals surface area contributed by atoms with E-state index in [-0.39, 0.29) is 6.10 Å². The molecule has 1 N–H and O–H groups in total. The summed E-state index contributed by atoms with van der Waals surface area (Å²) in [6.45, 7) is 4.24. The van der Waals surface area contributed by atoms with Crippen LogP contribution in [0.3, 0.4) is 0 Å². The first-order valence-corrected chi connectivity index (χ1v) is 7.42. The van der Waals surface area contributed by atoms with Crippen molar-refractivity contribution in [1.82, 2.24) is 0 Å². The van der Waals surface area contributed by atoms with Crippen molar-refractivity contribution in [1.29, 1.82) is 0 Å². The molecule has 0 radical (unpaired) electrons. The standard InChI is InChI=1S/C17H26O/c1-13-9-10-16(11-14(13)2)17(18)12-15-7-5-3-4-6-8-15/h9-11,15,17-18H,3-8,12H2,1-2H3. The van der Waals surface area contributed by atoms with Gasteiger partial charge in [-0.15, -0.1) is 0 Å². The Bertz CT molecular complexity index is 375. The molecule has 1 atom stereocenters. The molecule has 1 unspecified atom stereocenters. The van der Waals surface area contributed by atoms with E-state index >= 15 is 0 Å². The molecule has 0 aromatic heterocycles. The molecule has 0 spiro atoms. The molecule has 1 aromatic rings. The molecule has 2 rings (SSSR count). The SMILES string of the molecule is Cc1ccc(C(O)CC2CCCCCC2)cc1C. The smallest absolute Gasteiger partial charge is 0.0792 e. The molecule has 0 heterocycles. The molecule has 1 aliphatic carbocycles. The summed E-state index contributed by atoms with van der Waals surface area (Å²) in [7, 11) is 0. The second kappa shape index (κ2) is 6.38. The third kappa shape index (κ3) is 3.58. The van der Waals surface area contributed by atoms with Gasteiger partial charge in [0.15, 0.2) is 0 Å². The molecule has 1 aromatic carbocycles. The molecular weight excluding hydrogens is 220 g/mol. The Hall–Kier alpha value is -0.820. The fourth-order valence-electron chi connectivity index (χ4n) is 3.02. The van der Waals surface area contributed by atoms with Crippen LogP contribution in [-0.2, 0) is 0 Å². The highest BCUT2D eigenvalue weighted by molar-refractivity contribution is 5.31. The highest BCUT2D eigenvalue weighted by atomic mass is 16.3. The number of hydrogen-bond donors (Lipinski definition) is 1. The van der Waals surface area contributed by atoms with E-state index < -0.39 is 0 Å². The summed E-state index contributed by atoms with van der Waals surface area (Å²) < 4.78 is 0. The van der Waals surface area contributed by atoms with Crippen LogP contribution in [-0.4, -0.2) is 5.11 Å². The minimum atomic E-state index is -0.271. The maximum atomic E-state index is 10.4. The summed E-state index contributed by atoms with van der Waals surface area (Å²) in [5.74, 6) is 0.726. The Labute approximate surface area is 111 Å². The topological polar surface area (TPSA) is 20.2 Å². The van der Waals surface area contributed by atoms with Gasteiger partial charge >= 0.3 is 0 Å². The molecule has 0 amide bonds. The summed E-state index contributed by atoms with van der Waals surface area (Å²) in [5, 5.41) is 10.4. The van der Waals surface area contributed by atoms with Gasteiger partial charge < -0.3 is 5.11 Å². The van der Waals surface area contributed by atoms with E-state index in [0.717, 1.165) is 17.9 Å². The molecule has 1 heteroatoms. The molecule has 1 aliphatic rings. The Morgan fingerprint density at radius 1 is 1.06 bits per heavy atom. The van der Waals surface area contributed by atoms with Crippen molar-refractivity contribution in [3.8, 4) is 0 Å². The second-order valence-electron chi connectivity index (χ2n) is 5.95. The molecule has 1 nitrogen and oxygen atoms in total. The number of aliphatic hydroxyl groups is 1. The van der Waals surface area contributed by atoms with E-state index in [4.69, 9.17) is 0 Å². The molecule has 0 aliphatic heterocycles. The number of hydrogen-bond acceptors (Lipinski definition) is 1. The van der Waals surface area contributed by atoms with Crippen LogP contribution in [0, 0.1) is 19.8 Å². The molecule has 18 heavy (non-hydrogen) atoms. The average molecular weight is 246 g/mol. The van der Waals surface area contributed by atoms with E-state index in [1.165, 1.54) is 49.7 Å². The molecule has 0 bridgehead atoms. The lowest BCUT2D eigenvalue weighted by atomic mass is 9.90. The van der Waals surface area contributed by atoms with Crippen molar-refractivity contribution in [2.75, 3.05) is 0 Å². The summed E-state index contributed by atoms with van der Waals surface area (Å²) in [6.07, 6.45) is 8.76. The van der Waals surface area contributed by atoms with Gasteiger partial charge in [-0.25, -0.2) is 0 Å². The van der Waals surface area contributed by atoms with Crippen LogP contribution in [0.2, 0.25) is 0 Å². The predicted octanol–water partition coefficient (Wildman–Crippen LogP) is 4.70. The summed E-state index contributed by atoms with van der Waals surface area (Å²) in [5.41, 5.74) is 3.69. The van der Waals surface area contributed by atoms with Gasteiger partial charge in [-0.2, -0.15) is 0 Å². The van der Waals surface area contributed by atoms with E-state index in [2.05, 4.69) is 32.0 Å². The normalized spacial score (nSPS) is 19.5. The molecule has 100 valence electrons. The lowest BCUT2D eigenvalue weighted by Crippen LogP contribution is -2.07. The summed E-state index contributed by atoms with van der Waals surface area (Å²) >= 11 is 0. The van der Waals surface area contributed by atoms with Gasteiger partial charge in [0.05, 0.1) is 6.10 Å². The first-order valence-electron chi connectivity index (χ1n) is 7.42. The van der Waals surface area contributed by atoms with Gasteiger partial charge in [0.1, 0.15) is 0 Å². The predicted molar refractivity (Wildman–Crippen MR) is 76.7 cm³/mol. The van der Waals surface area contributed by atoms with Crippen molar-refractivity contribution < 1.29 is 5.11 Å². The third-order valence-electron chi connectivity index (χ3n) is 4.45. The number of benzene rings is 1. The highest BCUT2D eigenvalue weighted by Gasteiger charge is 2.17. The van der Waals surface area contributed by atoms with Gasteiger partial charge in [-0.3, -0.25) is 0 Å². The fraction of sp³-hybridized carbons (Fsp3) is 0.647. The van der Waals surface area contributed by atoms with E-state index in [1.54, 1.807) is 0 Å². The molecule has 1 saturated carbocycles.